The third-order valence-electron chi connectivity index (χ3n) is 6.30. The minimum atomic E-state index is 0.0761. The van der Waals surface area contributed by atoms with E-state index >= 15 is 0 Å². The van der Waals surface area contributed by atoms with Gasteiger partial charge in [-0.3, -0.25) is 10.3 Å². The first-order chi connectivity index (χ1) is 18.1. The molecule has 0 radical (unpaired) electrons. The molecule has 0 unspecified atom stereocenters. The highest BCUT2D eigenvalue weighted by molar-refractivity contribution is 5.95. The van der Waals surface area contributed by atoms with E-state index in [1.807, 2.05) is 54.6 Å². The molecule has 196 valence electrons. The molecule has 3 aromatic rings. The van der Waals surface area contributed by atoms with Crippen molar-refractivity contribution in [2.24, 2.45) is 5.73 Å². The maximum Gasteiger partial charge on any atom is 0.123 e. The molecule has 0 aromatic heterocycles. The van der Waals surface area contributed by atoms with E-state index in [0.717, 1.165) is 79.6 Å². The zero-order chi connectivity index (χ0) is 25.9. The highest BCUT2D eigenvalue weighted by Gasteiger charge is 2.10. The number of nitrogens with one attached hydrogen (secondary N) is 1. The number of rotatable bonds is 13. The number of aryl methyl sites for hydroxylation is 1. The number of nitrogen functional groups attached to an aromatic ring is 1. The first kappa shape index (κ1) is 26.5. The Bertz CT molecular complexity index is 1140. The average molecular weight is 504 g/mol. The second-order valence-corrected chi connectivity index (χ2v) is 9.04. The summed E-state index contributed by atoms with van der Waals surface area (Å²) in [4.78, 5) is 2.35. The van der Waals surface area contributed by atoms with Gasteiger partial charge in [0, 0.05) is 31.3 Å². The fourth-order valence-electron chi connectivity index (χ4n) is 4.29. The fraction of sp³-hybridized carbons (Fsp3) is 0.367. The van der Waals surface area contributed by atoms with Gasteiger partial charge in [-0.2, -0.15) is 0 Å². The van der Waals surface area contributed by atoms with Crippen LogP contribution in [-0.4, -0.2) is 63.4 Å². The topological polar surface area (TPSA) is 90.0 Å². The zero-order valence-corrected chi connectivity index (χ0v) is 21.6. The summed E-state index contributed by atoms with van der Waals surface area (Å²) in [5, 5.41) is 7.58. The molecular weight excluding hydrogens is 466 g/mol. The van der Waals surface area contributed by atoms with Gasteiger partial charge in [0.1, 0.15) is 42.9 Å². The summed E-state index contributed by atoms with van der Waals surface area (Å²) in [6, 6.07) is 21.8. The van der Waals surface area contributed by atoms with Gasteiger partial charge >= 0.3 is 0 Å². The maximum atomic E-state index is 7.58. The summed E-state index contributed by atoms with van der Waals surface area (Å²) in [6.07, 6.45) is 1.96. The van der Waals surface area contributed by atoms with Crippen LogP contribution < -0.4 is 19.9 Å². The highest BCUT2D eigenvalue weighted by atomic mass is 16.5. The summed E-state index contributed by atoms with van der Waals surface area (Å²) in [7, 11) is 0. The Morgan fingerprint density at radius 3 is 2.24 bits per heavy atom. The van der Waals surface area contributed by atoms with Crippen molar-refractivity contribution in [1.82, 2.24) is 4.90 Å². The molecule has 1 aliphatic rings. The van der Waals surface area contributed by atoms with E-state index in [2.05, 4.69) is 24.0 Å². The molecule has 0 bridgehead atoms. The van der Waals surface area contributed by atoms with Crippen LogP contribution in [0.4, 0.5) is 0 Å². The molecule has 7 heteroatoms. The second-order valence-electron chi connectivity index (χ2n) is 9.04. The number of nitrogens with two attached hydrogens (primary N) is 1. The molecule has 1 heterocycles. The van der Waals surface area contributed by atoms with Crippen molar-refractivity contribution in [3.63, 3.8) is 0 Å². The van der Waals surface area contributed by atoms with Crippen molar-refractivity contribution in [3.8, 4) is 28.4 Å². The van der Waals surface area contributed by atoms with Crippen molar-refractivity contribution >= 4 is 5.84 Å². The van der Waals surface area contributed by atoms with Crippen LogP contribution in [0.1, 0.15) is 24.5 Å². The highest BCUT2D eigenvalue weighted by Crippen LogP contribution is 2.28. The van der Waals surface area contributed by atoms with E-state index in [-0.39, 0.29) is 5.84 Å². The number of nitrogens with zero attached hydrogens (tertiary/aromatic N) is 1. The number of morpholine rings is 1. The minimum absolute atomic E-state index is 0.0761. The Balaban J connectivity index is 1.27. The zero-order valence-electron chi connectivity index (χ0n) is 21.6. The third-order valence-corrected chi connectivity index (χ3v) is 6.30. The Labute approximate surface area is 219 Å². The second kappa shape index (κ2) is 13.7. The average Bonchev–Trinajstić information content (AvgIpc) is 2.93. The number of hydrogen-bond donors (Lipinski definition) is 2. The smallest absolute Gasteiger partial charge is 0.123 e. The molecule has 0 amide bonds. The Kier molecular flexibility index (Phi) is 9.80. The van der Waals surface area contributed by atoms with Gasteiger partial charge in [0.2, 0.25) is 0 Å². The van der Waals surface area contributed by atoms with Crippen LogP contribution >= 0.6 is 0 Å². The van der Waals surface area contributed by atoms with E-state index in [4.69, 9.17) is 30.1 Å². The Morgan fingerprint density at radius 2 is 1.54 bits per heavy atom. The van der Waals surface area contributed by atoms with Crippen molar-refractivity contribution in [3.05, 3.63) is 77.9 Å². The molecule has 0 atom stereocenters. The molecule has 1 fully saturated rings. The van der Waals surface area contributed by atoms with Gasteiger partial charge in [0.25, 0.3) is 0 Å². The van der Waals surface area contributed by atoms with Crippen molar-refractivity contribution in [1.29, 1.82) is 5.41 Å². The number of ether oxygens (including phenoxy) is 4. The lowest BCUT2D eigenvalue weighted by molar-refractivity contribution is 0.0322. The molecule has 37 heavy (non-hydrogen) atoms. The predicted molar refractivity (Wildman–Crippen MR) is 147 cm³/mol. The van der Waals surface area contributed by atoms with E-state index in [1.165, 1.54) is 5.56 Å². The quantitative estimate of drug-likeness (QED) is 0.199. The lowest BCUT2D eigenvalue weighted by Crippen LogP contribution is -2.38. The summed E-state index contributed by atoms with van der Waals surface area (Å²) >= 11 is 0. The van der Waals surface area contributed by atoms with Crippen LogP contribution in [0, 0.1) is 5.41 Å². The first-order valence-corrected chi connectivity index (χ1v) is 13.0. The monoisotopic (exact) mass is 503 g/mol. The van der Waals surface area contributed by atoms with Crippen molar-refractivity contribution in [2.45, 2.75) is 19.8 Å². The summed E-state index contributed by atoms with van der Waals surface area (Å²) in [6.45, 7) is 8.11. The van der Waals surface area contributed by atoms with E-state index in [9.17, 15) is 0 Å². The van der Waals surface area contributed by atoms with Gasteiger partial charge in [0.05, 0.1) is 13.2 Å². The predicted octanol–water partition coefficient (Wildman–Crippen LogP) is 4.76. The molecule has 0 saturated carbocycles. The van der Waals surface area contributed by atoms with Crippen molar-refractivity contribution in [2.75, 3.05) is 52.7 Å². The van der Waals surface area contributed by atoms with Crippen LogP contribution in [0.15, 0.2) is 66.7 Å². The molecule has 1 saturated heterocycles. The summed E-state index contributed by atoms with van der Waals surface area (Å²) in [5.41, 5.74) is 9.68. The van der Waals surface area contributed by atoms with Crippen LogP contribution in [0.5, 0.6) is 17.2 Å². The van der Waals surface area contributed by atoms with E-state index in [1.54, 1.807) is 0 Å². The molecule has 0 aliphatic carbocycles. The lowest BCUT2D eigenvalue weighted by Gasteiger charge is -2.26. The molecule has 7 nitrogen and oxygen atoms in total. The summed E-state index contributed by atoms with van der Waals surface area (Å²) in [5.74, 6) is 2.54. The van der Waals surface area contributed by atoms with Gasteiger partial charge < -0.3 is 24.7 Å². The standard InChI is InChI=1S/C30H37N3O4/c1-2-4-26-21-25(23-7-9-24(10-8-23)30(31)32)11-12-29(26)37-20-19-36-28-6-3-5-27(22-28)35-18-15-33-13-16-34-17-14-33/h3,5-12,21-22H,2,4,13-20H2,1H3,(H3,31,32). The van der Waals surface area contributed by atoms with Gasteiger partial charge in [-0.05, 0) is 47.4 Å². The normalized spacial score (nSPS) is 13.8. The number of hydrogen-bond acceptors (Lipinski definition) is 6. The fourth-order valence-corrected chi connectivity index (χ4v) is 4.29. The Hall–Kier alpha value is -3.55. The molecular formula is C30H37N3O4. The van der Waals surface area contributed by atoms with Crippen LogP contribution in [-0.2, 0) is 11.2 Å². The van der Waals surface area contributed by atoms with Crippen LogP contribution in [0.2, 0.25) is 0 Å². The number of benzene rings is 3. The summed E-state index contributed by atoms with van der Waals surface area (Å²) < 4.78 is 23.3. The molecule has 1 aliphatic heterocycles. The van der Waals surface area contributed by atoms with Gasteiger partial charge in [-0.1, -0.05) is 49.7 Å². The minimum Gasteiger partial charge on any atom is -0.492 e. The lowest BCUT2D eigenvalue weighted by atomic mass is 9.99. The Morgan fingerprint density at radius 1 is 0.865 bits per heavy atom. The van der Waals surface area contributed by atoms with Gasteiger partial charge in [-0.15, -0.1) is 0 Å². The third kappa shape index (κ3) is 7.97. The number of amidine groups is 1. The SMILES string of the molecule is CCCc1cc(-c2ccc(C(=N)N)cc2)ccc1OCCOc1cccc(OCCN2CCOCC2)c1. The molecule has 0 spiro atoms. The van der Waals surface area contributed by atoms with Gasteiger partial charge in [-0.25, -0.2) is 0 Å². The maximum absolute atomic E-state index is 7.58. The molecule has 3 N–H and O–H groups in total. The van der Waals surface area contributed by atoms with Crippen LogP contribution in [0.25, 0.3) is 11.1 Å². The molecule has 3 aromatic carbocycles. The van der Waals surface area contributed by atoms with E-state index in [0.29, 0.717) is 19.8 Å². The molecule has 4 rings (SSSR count). The largest absolute Gasteiger partial charge is 0.492 e. The van der Waals surface area contributed by atoms with Gasteiger partial charge in [0.15, 0.2) is 0 Å². The first-order valence-electron chi connectivity index (χ1n) is 13.0. The van der Waals surface area contributed by atoms with Crippen LogP contribution in [0.3, 0.4) is 0 Å². The van der Waals surface area contributed by atoms with E-state index < -0.39 is 0 Å². The van der Waals surface area contributed by atoms with Crippen molar-refractivity contribution < 1.29 is 18.9 Å².